The van der Waals surface area contributed by atoms with Gasteiger partial charge < -0.3 is 10.2 Å². The summed E-state index contributed by atoms with van der Waals surface area (Å²) in [7, 11) is 0. The average Bonchev–Trinajstić information content (AvgIpc) is 2.65. The summed E-state index contributed by atoms with van der Waals surface area (Å²) in [6.45, 7) is 2.04. The maximum absolute atomic E-state index is 13.9. The van der Waals surface area contributed by atoms with Gasteiger partial charge in [-0.1, -0.05) is 35.3 Å². The van der Waals surface area contributed by atoms with Crippen molar-refractivity contribution in [1.29, 1.82) is 0 Å². The van der Waals surface area contributed by atoms with Crippen molar-refractivity contribution in [2.24, 2.45) is 0 Å². The Morgan fingerprint density at radius 3 is 2.44 bits per heavy atom. The molecule has 0 bridgehead atoms. The van der Waals surface area contributed by atoms with E-state index in [0.29, 0.717) is 41.9 Å². The van der Waals surface area contributed by atoms with Crippen molar-refractivity contribution in [3.05, 3.63) is 63.9 Å². The minimum absolute atomic E-state index is 0.0348. The number of amides is 2. The molecule has 2 aromatic carbocycles. The molecule has 0 atom stereocenters. The second-order valence-corrected chi connectivity index (χ2v) is 7.06. The normalized spacial score (nSPS) is 14.9. The van der Waals surface area contributed by atoms with Crippen LogP contribution in [-0.4, -0.2) is 54.3 Å². The summed E-state index contributed by atoms with van der Waals surface area (Å²) in [6.07, 6.45) is 0. The van der Waals surface area contributed by atoms with Crippen LogP contribution in [0, 0.1) is 5.82 Å². The fourth-order valence-electron chi connectivity index (χ4n) is 2.90. The fraction of sp³-hybridized carbons (Fsp3) is 0.263. The molecular formula is C19H18Cl2FN3O2. The molecule has 1 saturated heterocycles. The lowest BCUT2D eigenvalue weighted by Crippen LogP contribution is -2.50. The molecule has 8 heteroatoms. The standard InChI is InChI=1S/C19H18Cl2FN3O2/c20-13-5-6-16(22)14(11-13)19(27)25-9-7-24(8-10-25)12-18(26)23-17-4-2-1-3-15(17)21/h1-6,11H,7-10,12H2,(H,23,26). The highest BCUT2D eigenvalue weighted by Crippen LogP contribution is 2.21. The molecule has 0 radical (unpaired) electrons. The number of carbonyl (C=O) groups excluding carboxylic acids is 2. The fourth-order valence-corrected chi connectivity index (χ4v) is 3.25. The molecule has 2 aromatic rings. The second-order valence-electron chi connectivity index (χ2n) is 6.22. The summed E-state index contributed by atoms with van der Waals surface area (Å²) < 4.78 is 13.9. The zero-order valence-electron chi connectivity index (χ0n) is 14.4. The first-order chi connectivity index (χ1) is 12.9. The van der Waals surface area contributed by atoms with Crippen LogP contribution in [-0.2, 0) is 4.79 Å². The molecule has 2 amide bonds. The molecule has 27 heavy (non-hydrogen) atoms. The van der Waals surface area contributed by atoms with Gasteiger partial charge in [-0.25, -0.2) is 4.39 Å². The van der Waals surface area contributed by atoms with Crippen LogP contribution in [0.25, 0.3) is 0 Å². The Balaban J connectivity index is 1.53. The zero-order chi connectivity index (χ0) is 19.4. The summed E-state index contributed by atoms with van der Waals surface area (Å²) in [5, 5.41) is 3.56. The molecule has 1 fully saturated rings. The van der Waals surface area contributed by atoms with Crippen molar-refractivity contribution in [3.8, 4) is 0 Å². The van der Waals surface area contributed by atoms with Crippen LogP contribution < -0.4 is 5.32 Å². The van der Waals surface area contributed by atoms with E-state index < -0.39 is 11.7 Å². The van der Waals surface area contributed by atoms with E-state index in [-0.39, 0.29) is 18.0 Å². The number of nitrogens with one attached hydrogen (secondary N) is 1. The molecule has 0 spiro atoms. The zero-order valence-corrected chi connectivity index (χ0v) is 15.9. The third-order valence-electron chi connectivity index (χ3n) is 4.33. The van der Waals surface area contributed by atoms with E-state index in [1.807, 2.05) is 4.90 Å². The Kier molecular flexibility index (Phi) is 6.31. The van der Waals surface area contributed by atoms with Gasteiger partial charge in [-0.3, -0.25) is 14.5 Å². The molecule has 0 unspecified atom stereocenters. The van der Waals surface area contributed by atoms with Crippen LogP contribution in [0.1, 0.15) is 10.4 Å². The molecule has 142 valence electrons. The minimum Gasteiger partial charge on any atom is -0.336 e. The Morgan fingerprint density at radius 1 is 1.04 bits per heavy atom. The van der Waals surface area contributed by atoms with Crippen LogP contribution in [0.2, 0.25) is 10.0 Å². The van der Waals surface area contributed by atoms with Gasteiger partial charge in [-0.05, 0) is 30.3 Å². The predicted molar refractivity (Wildman–Crippen MR) is 104 cm³/mol. The number of halogens is 3. The molecular weight excluding hydrogens is 392 g/mol. The monoisotopic (exact) mass is 409 g/mol. The molecule has 5 nitrogen and oxygen atoms in total. The number of para-hydroxylation sites is 1. The van der Waals surface area contributed by atoms with Gasteiger partial charge in [-0.2, -0.15) is 0 Å². The molecule has 0 saturated carbocycles. The maximum Gasteiger partial charge on any atom is 0.256 e. The SMILES string of the molecule is O=C(CN1CCN(C(=O)c2cc(Cl)ccc2F)CC1)Nc1ccccc1Cl. The topological polar surface area (TPSA) is 52.7 Å². The molecule has 0 aromatic heterocycles. The Bertz CT molecular complexity index is 855. The number of carbonyl (C=O) groups is 2. The number of nitrogens with zero attached hydrogens (tertiary/aromatic N) is 2. The number of anilines is 1. The summed E-state index contributed by atoms with van der Waals surface area (Å²) >= 11 is 11.9. The minimum atomic E-state index is -0.592. The molecule has 1 heterocycles. The summed E-state index contributed by atoms with van der Waals surface area (Å²) in [5.41, 5.74) is 0.529. The number of hydrogen-bond donors (Lipinski definition) is 1. The van der Waals surface area contributed by atoms with Crippen molar-refractivity contribution in [1.82, 2.24) is 9.80 Å². The van der Waals surface area contributed by atoms with Crippen LogP contribution >= 0.6 is 23.2 Å². The van der Waals surface area contributed by atoms with Crippen molar-refractivity contribution in [3.63, 3.8) is 0 Å². The molecule has 3 rings (SSSR count). The Hall–Kier alpha value is -2.15. The lowest BCUT2D eigenvalue weighted by atomic mass is 10.1. The number of hydrogen-bond acceptors (Lipinski definition) is 3. The summed E-state index contributed by atoms with van der Waals surface area (Å²) in [4.78, 5) is 28.2. The van der Waals surface area contributed by atoms with Gasteiger partial charge in [0.2, 0.25) is 5.91 Å². The van der Waals surface area contributed by atoms with Gasteiger partial charge in [0.15, 0.2) is 0 Å². The third-order valence-corrected chi connectivity index (χ3v) is 4.90. The predicted octanol–water partition coefficient (Wildman–Crippen LogP) is 3.53. The largest absolute Gasteiger partial charge is 0.336 e. The average molecular weight is 410 g/mol. The smallest absolute Gasteiger partial charge is 0.256 e. The van der Waals surface area contributed by atoms with E-state index in [2.05, 4.69) is 5.32 Å². The first-order valence-corrected chi connectivity index (χ1v) is 9.20. The summed E-state index contributed by atoms with van der Waals surface area (Å²) in [6, 6.07) is 10.9. The van der Waals surface area contributed by atoms with E-state index in [9.17, 15) is 14.0 Å². The van der Waals surface area contributed by atoms with Crippen LogP contribution in [0.15, 0.2) is 42.5 Å². The second kappa shape index (κ2) is 8.69. The van der Waals surface area contributed by atoms with Crippen LogP contribution in [0.3, 0.4) is 0 Å². The first kappa shape index (κ1) is 19.6. The van der Waals surface area contributed by atoms with Crippen molar-refractivity contribution in [2.75, 3.05) is 38.0 Å². The van der Waals surface area contributed by atoms with E-state index in [0.717, 1.165) is 0 Å². The molecule has 0 aliphatic carbocycles. The van der Waals surface area contributed by atoms with E-state index in [1.165, 1.54) is 18.2 Å². The van der Waals surface area contributed by atoms with Gasteiger partial charge in [0, 0.05) is 31.2 Å². The van der Waals surface area contributed by atoms with E-state index in [4.69, 9.17) is 23.2 Å². The van der Waals surface area contributed by atoms with Crippen molar-refractivity contribution < 1.29 is 14.0 Å². The van der Waals surface area contributed by atoms with Crippen molar-refractivity contribution >= 4 is 40.7 Å². The van der Waals surface area contributed by atoms with Gasteiger partial charge in [0.1, 0.15) is 5.82 Å². The number of piperazine rings is 1. The Morgan fingerprint density at radius 2 is 1.74 bits per heavy atom. The Labute approximate surface area is 166 Å². The van der Waals surface area contributed by atoms with Gasteiger partial charge in [0.25, 0.3) is 5.91 Å². The van der Waals surface area contributed by atoms with Crippen LogP contribution in [0.4, 0.5) is 10.1 Å². The van der Waals surface area contributed by atoms with Crippen LogP contribution in [0.5, 0.6) is 0 Å². The highest BCUT2D eigenvalue weighted by molar-refractivity contribution is 6.33. The highest BCUT2D eigenvalue weighted by Gasteiger charge is 2.25. The van der Waals surface area contributed by atoms with E-state index >= 15 is 0 Å². The third kappa shape index (κ3) is 4.97. The van der Waals surface area contributed by atoms with Gasteiger partial charge in [0.05, 0.1) is 22.8 Å². The highest BCUT2D eigenvalue weighted by atomic mass is 35.5. The first-order valence-electron chi connectivity index (χ1n) is 8.45. The number of rotatable bonds is 4. The number of benzene rings is 2. The molecule has 1 aliphatic rings. The molecule has 1 N–H and O–H groups in total. The maximum atomic E-state index is 13.9. The quantitative estimate of drug-likeness (QED) is 0.839. The molecule has 1 aliphatic heterocycles. The summed E-state index contributed by atoms with van der Waals surface area (Å²) in [5.74, 6) is -1.16. The van der Waals surface area contributed by atoms with Gasteiger partial charge in [-0.15, -0.1) is 0 Å². The lowest BCUT2D eigenvalue weighted by Gasteiger charge is -2.34. The van der Waals surface area contributed by atoms with E-state index in [1.54, 1.807) is 29.2 Å². The van der Waals surface area contributed by atoms with Crippen molar-refractivity contribution in [2.45, 2.75) is 0 Å². The van der Waals surface area contributed by atoms with Gasteiger partial charge >= 0.3 is 0 Å². The lowest BCUT2D eigenvalue weighted by molar-refractivity contribution is -0.117.